The number of nitrogen functional groups attached to an aromatic ring is 1. The molecule has 0 aliphatic carbocycles. The number of pyridine rings is 1. The molecule has 4 atom stereocenters. The molecule has 0 radical (unpaired) electrons. The first-order valence-corrected chi connectivity index (χ1v) is 6.86. The van der Waals surface area contributed by atoms with E-state index in [0.717, 1.165) is 0 Å². The highest BCUT2D eigenvalue weighted by Gasteiger charge is 2.29. The minimum Gasteiger partial charge on any atom is -0.394 e. The number of aliphatic hydroxyl groups excluding tert-OH is 5. The number of urea groups is 1. The molecule has 12 N–H and O–H groups in total. The lowest BCUT2D eigenvalue weighted by Crippen LogP contribution is -2.46. The number of hydrogen-bond donors (Lipinski definition) is 9. The van der Waals surface area contributed by atoms with E-state index in [2.05, 4.69) is 16.5 Å². The number of nitrogens with zero attached hydrogens (tertiary/aromatic N) is 1. The van der Waals surface area contributed by atoms with Gasteiger partial charge in [0.2, 0.25) is 0 Å². The van der Waals surface area contributed by atoms with Gasteiger partial charge in [-0.3, -0.25) is 15.2 Å². The Labute approximate surface area is 171 Å². The Balaban J connectivity index is -0.000000348. The molecule has 0 saturated carbocycles. The molecule has 0 aliphatic rings. The van der Waals surface area contributed by atoms with E-state index >= 15 is 0 Å². The maximum absolute atomic E-state index is 10.7. The van der Waals surface area contributed by atoms with Crippen LogP contribution in [0.1, 0.15) is 10.4 Å². The largest absolute Gasteiger partial charge is 0.394 e. The second kappa shape index (κ2) is 17.5. The van der Waals surface area contributed by atoms with Crippen LogP contribution in [0.2, 0.25) is 0 Å². The van der Waals surface area contributed by atoms with Crippen LogP contribution in [0.25, 0.3) is 0 Å². The first-order valence-electron chi connectivity index (χ1n) is 6.86. The number of aldehydes is 1. The van der Waals surface area contributed by atoms with Gasteiger partial charge in [-0.05, 0) is 12.1 Å². The number of carbonyl (C=O) groups is 3. The van der Waals surface area contributed by atoms with E-state index in [0.29, 0.717) is 5.56 Å². The van der Waals surface area contributed by atoms with Gasteiger partial charge in [-0.25, -0.2) is 10.6 Å². The number of halogens is 1. The van der Waals surface area contributed by atoms with Crippen molar-refractivity contribution in [2.45, 2.75) is 24.4 Å². The van der Waals surface area contributed by atoms with Crippen LogP contribution >= 0.6 is 24.0 Å². The molecule has 156 valence electrons. The standard InChI is InChI=1S/C6H7N3O.C6H12O6.CH4N2O.HI/c7-9-6(10)5-1-3-8-4-2-5;7-1-3(9)5(11)6(12)4(10)2-8;2-1(3)4;/h1-4H,7H2,(H,9,10);1,3-6,8-12H,2H2;(H4,2,3,4);1H/t;3-,4+,5+,6+;;/m.0../s1. The van der Waals surface area contributed by atoms with Crippen molar-refractivity contribution in [3.05, 3.63) is 30.1 Å². The molecule has 1 aromatic heterocycles. The smallest absolute Gasteiger partial charge is 0.309 e. The van der Waals surface area contributed by atoms with Gasteiger partial charge < -0.3 is 41.8 Å². The zero-order valence-corrected chi connectivity index (χ0v) is 16.3. The zero-order chi connectivity index (χ0) is 20.7. The summed E-state index contributed by atoms with van der Waals surface area (Å²) in [4.78, 5) is 33.4. The van der Waals surface area contributed by atoms with E-state index in [1.165, 1.54) is 12.4 Å². The number of hydrazine groups is 1. The van der Waals surface area contributed by atoms with E-state index in [-0.39, 0.29) is 36.2 Å². The molecule has 1 heterocycles. The summed E-state index contributed by atoms with van der Waals surface area (Å²) < 4.78 is 0. The van der Waals surface area contributed by atoms with Crippen LogP contribution in [0.3, 0.4) is 0 Å². The number of carbonyl (C=O) groups excluding carboxylic acids is 3. The second-order valence-corrected chi connectivity index (χ2v) is 4.47. The number of aliphatic hydroxyl groups is 5. The Morgan fingerprint density at radius 1 is 1.11 bits per heavy atom. The van der Waals surface area contributed by atoms with Crippen molar-refractivity contribution in [2.75, 3.05) is 6.61 Å². The molecule has 0 fully saturated rings. The molecule has 13 nitrogen and oxygen atoms in total. The zero-order valence-electron chi connectivity index (χ0n) is 14.0. The van der Waals surface area contributed by atoms with Gasteiger partial charge in [-0.1, -0.05) is 0 Å². The molecule has 1 rings (SSSR count). The van der Waals surface area contributed by atoms with Crippen molar-refractivity contribution in [3.8, 4) is 0 Å². The summed E-state index contributed by atoms with van der Waals surface area (Å²) in [5, 5.41) is 43.5. The van der Waals surface area contributed by atoms with Crippen LogP contribution in [0.4, 0.5) is 4.79 Å². The Morgan fingerprint density at radius 2 is 1.56 bits per heavy atom. The average Bonchev–Trinajstić information content (AvgIpc) is 2.65. The van der Waals surface area contributed by atoms with Crippen molar-refractivity contribution in [1.29, 1.82) is 0 Å². The van der Waals surface area contributed by atoms with Gasteiger partial charge in [-0.2, -0.15) is 0 Å². The molecule has 14 heteroatoms. The van der Waals surface area contributed by atoms with Gasteiger partial charge in [0.15, 0.2) is 6.29 Å². The minimum atomic E-state index is -1.79. The summed E-state index contributed by atoms with van der Waals surface area (Å²) in [7, 11) is 0. The summed E-state index contributed by atoms with van der Waals surface area (Å²) in [5.74, 6) is 4.58. The van der Waals surface area contributed by atoms with Crippen LogP contribution in [0, 0.1) is 0 Å². The Hall–Kier alpha value is -1.95. The number of primary amides is 2. The van der Waals surface area contributed by atoms with Crippen molar-refractivity contribution >= 4 is 42.2 Å². The van der Waals surface area contributed by atoms with Crippen molar-refractivity contribution < 1.29 is 39.9 Å². The summed E-state index contributed by atoms with van der Waals surface area (Å²) in [6, 6.07) is 2.34. The van der Waals surface area contributed by atoms with Gasteiger partial charge in [-0.15, -0.1) is 24.0 Å². The molecule has 0 aliphatic heterocycles. The number of amides is 3. The van der Waals surface area contributed by atoms with Crippen molar-refractivity contribution in [2.24, 2.45) is 17.3 Å². The summed E-state index contributed by atoms with van der Waals surface area (Å²) in [5.41, 5.74) is 11.0. The second-order valence-electron chi connectivity index (χ2n) is 4.47. The fourth-order valence-corrected chi connectivity index (χ4v) is 1.20. The van der Waals surface area contributed by atoms with Crippen LogP contribution in [-0.2, 0) is 4.79 Å². The van der Waals surface area contributed by atoms with Crippen molar-refractivity contribution in [3.63, 3.8) is 0 Å². The monoisotopic (exact) mass is 505 g/mol. The predicted molar refractivity (Wildman–Crippen MR) is 102 cm³/mol. The summed E-state index contributed by atoms with van der Waals surface area (Å²) in [6.07, 6.45) is -3.77. The lowest BCUT2D eigenvalue weighted by Gasteiger charge is -2.22. The van der Waals surface area contributed by atoms with E-state index in [4.69, 9.17) is 36.2 Å². The number of nitrogens with one attached hydrogen (secondary N) is 1. The van der Waals surface area contributed by atoms with Crippen LogP contribution in [0.15, 0.2) is 24.5 Å². The SMILES string of the molecule is I.NC(N)=O.NNC(=O)c1ccncc1.O=C[C@H](O)[C@@H](O)[C@H](O)[C@H](O)CO. The molecule has 0 saturated heterocycles. The van der Waals surface area contributed by atoms with Gasteiger partial charge >= 0.3 is 6.03 Å². The number of aromatic nitrogens is 1. The van der Waals surface area contributed by atoms with E-state index in [1.807, 2.05) is 5.43 Å². The molecule has 27 heavy (non-hydrogen) atoms. The maximum Gasteiger partial charge on any atom is 0.309 e. The van der Waals surface area contributed by atoms with Gasteiger partial charge in [0.25, 0.3) is 5.91 Å². The molecular weight excluding hydrogens is 481 g/mol. The van der Waals surface area contributed by atoms with Crippen LogP contribution in [0.5, 0.6) is 0 Å². The first-order chi connectivity index (χ1) is 12.1. The Morgan fingerprint density at radius 3 is 1.89 bits per heavy atom. The number of hydrogen-bond acceptors (Lipinski definition) is 10. The van der Waals surface area contributed by atoms with E-state index in [9.17, 15) is 9.59 Å². The fourth-order valence-electron chi connectivity index (χ4n) is 1.20. The highest BCUT2D eigenvalue weighted by atomic mass is 127. The molecular formula is C13H24IN5O8. The molecule has 0 aromatic carbocycles. The number of rotatable bonds is 6. The number of nitrogens with two attached hydrogens (primary N) is 3. The fraction of sp³-hybridized carbons (Fsp3) is 0.385. The van der Waals surface area contributed by atoms with Gasteiger partial charge in [0.1, 0.15) is 24.4 Å². The maximum atomic E-state index is 10.7. The average molecular weight is 505 g/mol. The third kappa shape index (κ3) is 14.9. The highest BCUT2D eigenvalue weighted by Crippen LogP contribution is 2.02. The molecule has 3 amide bonds. The van der Waals surface area contributed by atoms with E-state index < -0.39 is 37.1 Å². The molecule has 0 unspecified atom stereocenters. The first kappa shape index (κ1) is 29.8. The quantitative estimate of drug-likeness (QED) is 0.0594. The van der Waals surface area contributed by atoms with Crippen LogP contribution in [-0.4, -0.2) is 79.8 Å². The lowest BCUT2D eigenvalue weighted by atomic mass is 10.0. The predicted octanol–water partition coefficient (Wildman–Crippen LogP) is -4.05. The lowest BCUT2D eigenvalue weighted by molar-refractivity contribution is -0.136. The highest BCUT2D eigenvalue weighted by molar-refractivity contribution is 14.0. The Kier molecular flexibility index (Phi) is 19.3. The third-order valence-corrected chi connectivity index (χ3v) is 2.49. The van der Waals surface area contributed by atoms with E-state index in [1.54, 1.807) is 12.1 Å². The topological polar surface area (TPSA) is 255 Å². The van der Waals surface area contributed by atoms with Crippen LogP contribution < -0.4 is 22.7 Å². The molecule has 0 bridgehead atoms. The van der Waals surface area contributed by atoms with Crippen molar-refractivity contribution in [1.82, 2.24) is 10.4 Å². The summed E-state index contributed by atoms with van der Waals surface area (Å²) >= 11 is 0. The molecule has 0 spiro atoms. The molecule has 1 aromatic rings. The van der Waals surface area contributed by atoms with Gasteiger partial charge in [0.05, 0.1) is 6.61 Å². The summed E-state index contributed by atoms with van der Waals surface area (Å²) in [6.45, 7) is -0.760. The minimum absolute atomic E-state index is 0. The normalized spacial score (nSPS) is 13.6. The Bertz CT molecular complexity index is 535. The third-order valence-electron chi connectivity index (χ3n) is 2.49. The van der Waals surface area contributed by atoms with Gasteiger partial charge in [0, 0.05) is 18.0 Å².